The summed E-state index contributed by atoms with van der Waals surface area (Å²) in [7, 11) is 0. The van der Waals surface area contributed by atoms with E-state index in [0.717, 1.165) is 0 Å². The summed E-state index contributed by atoms with van der Waals surface area (Å²) in [6.45, 7) is 10.3. The molecule has 2 aromatic carbocycles. The Morgan fingerprint density at radius 1 is 1.07 bits per heavy atom. The van der Waals surface area contributed by atoms with E-state index >= 15 is 0 Å². The minimum atomic E-state index is -0.654. The summed E-state index contributed by atoms with van der Waals surface area (Å²) >= 11 is 6.15. The summed E-state index contributed by atoms with van der Waals surface area (Å²) in [5.74, 6) is -0.146. The number of carbonyl (C=O) groups excluding carboxylic acids is 2. The van der Waals surface area contributed by atoms with Crippen LogP contribution in [0.15, 0.2) is 42.5 Å². The number of nitrogens with one attached hydrogen (secondary N) is 1. The van der Waals surface area contributed by atoms with Gasteiger partial charge in [-0.2, -0.15) is 0 Å². The molecular weight excluding hydrogens is 390 g/mol. The van der Waals surface area contributed by atoms with Crippen LogP contribution in [-0.2, 0) is 14.9 Å². The Labute approximate surface area is 177 Å². The Bertz CT molecular complexity index is 856. The SMILES string of the molecule is CCOC(=O)c1ccc(NC(=O)[C@H](CC)Oc2ccc(C(C)(C)C)cc2)cc1Cl. The normalized spacial score (nSPS) is 12.2. The van der Waals surface area contributed by atoms with Gasteiger partial charge in [0.15, 0.2) is 6.10 Å². The van der Waals surface area contributed by atoms with Crippen LogP contribution >= 0.6 is 11.6 Å². The predicted octanol–water partition coefficient (Wildman–Crippen LogP) is 5.61. The van der Waals surface area contributed by atoms with Crippen molar-refractivity contribution in [3.05, 3.63) is 58.6 Å². The Morgan fingerprint density at radius 2 is 1.72 bits per heavy atom. The van der Waals surface area contributed by atoms with Gasteiger partial charge in [-0.25, -0.2) is 4.79 Å². The minimum absolute atomic E-state index is 0.0506. The molecule has 2 aromatic rings. The van der Waals surface area contributed by atoms with Crippen molar-refractivity contribution in [3.8, 4) is 5.75 Å². The van der Waals surface area contributed by atoms with Gasteiger partial charge in [0.25, 0.3) is 5.91 Å². The van der Waals surface area contributed by atoms with Crippen LogP contribution < -0.4 is 10.1 Å². The average Bonchev–Trinajstić information content (AvgIpc) is 2.66. The number of halogens is 1. The first kappa shape index (κ1) is 22.8. The summed E-state index contributed by atoms with van der Waals surface area (Å²) in [5.41, 5.74) is 1.99. The average molecular weight is 418 g/mol. The van der Waals surface area contributed by atoms with Gasteiger partial charge in [0.05, 0.1) is 17.2 Å². The molecule has 0 saturated carbocycles. The number of hydrogen-bond acceptors (Lipinski definition) is 4. The van der Waals surface area contributed by atoms with Gasteiger partial charge in [-0.05, 0) is 54.7 Å². The monoisotopic (exact) mass is 417 g/mol. The zero-order valence-electron chi connectivity index (χ0n) is 17.5. The summed E-state index contributed by atoms with van der Waals surface area (Å²) in [4.78, 5) is 24.5. The van der Waals surface area contributed by atoms with Gasteiger partial charge in [-0.1, -0.05) is 51.4 Å². The lowest BCUT2D eigenvalue weighted by Gasteiger charge is -2.21. The standard InChI is InChI=1S/C23H28ClNO4/c1-6-20(29-17-11-8-15(9-12-17)23(3,4)5)21(26)25-16-10-13-18(19(24)14-16)22(27)28-7-2/h8-14,20H,6-7H2,1-5H3,(H,25,26)/t20-/m0/s1. The molecule has 0 fully saturated rings. The summed E-state index contributed by atoms with van der Waals surface area (Å²) < 4.78 is 10.8. The van der Waals surface area contributed by atoms with E-state index in [-0.39, 0.29) is 28.5 Å². The van der Waals surface area contributed by atoms with Crippen LogP contribution in [0.25, 0.3) is 0 Å². The van der Waals surface area contributed by atoms with Crippen LogP contribution in [0.3, 0.4) is 0 Å². The molecule has 0 unspecified atom stereocenters. The van der Waals surface area contributed by atoms with Crippen molar-refractivity contribution in [1.82, 2.24) is 0 Å². The number of amides is 1. The molecule has 0 aliphatic carbocycles. The molecule has 0 spiro atoms. The van der Waals surface area contributed by atoms with Gasteiger partial charge >= 0.3 is 5.97 Å². The molecule has 0 aliphatic rings. The predicted molar refractivity (Wildman–Crippen MR) is 116 cm³/mol. The first-order valence-corrected chi connectivity index (χ1v) is 10.1. The Balaban J connectivity index is 2.06. The fraction of sp³-hybridized carbons (Fsp3) is 0.391. The second-order valence-electron chi connectivity index (χ2n) is 7.69. The van der Waals surface area contributed by atoms with Crippen LogP contribution in [0, 0.1) is 0 Å². The van der Waals surface area contributed by atoms with Crippen LogP contribution in [0.1, 0.15) is 57.0 Å². The van der Waals surface area contributed by atoms with Crippen molar-refractivity contribution in [2.75, 3.05) is 11.9 Å². The zero-order chi connectivity index (χ0) is 21.6. The van der Waals surface area contributed by atoms with Crippen molar-refractivity contribution >= 4 is 29.2 Å². The second-order valence-corrected chi connectivity index (χ2v) is 8.10. The molecule has 1 amide bonds. The molecule has 0 saturated heterocycles. The maximum absolute atomic E-state index is 12.6. The Kier molecular flexibility index (Phi) is 7.68. The van der Waals surface area contributed by atoms with Crippen LogP contribution in [0.5, 0.6) is 5.75 Å². The third-order valence-corrected chi connectivity index (χ3v) is 4.71. The molecule has 0 heterocycles. The van der Waals surface area contributed by atoms with Gasteiger partial charge in [0.2, 0.25) is 0 Å². The fourth-order valence-corrected chi connectivity index (χ4v) is 2.97. The lowest BCUT2D eigenvalue weighted by molar-refractivity contribution is -0.122. The van der Waals surface area contributed by atoms with Gasteiger partial charge in [-0.3, -0.25) is 4.79 Å². The lowest BCUT2D eigenvalue weighted by Crippen LogP contribution is -2.32. The van der Waals surface area contributed by atoms with Crippen molar-refractivity contribution in [1.29, 1.82) is 0 Å². The second kappa shape index (κ2) is 9.79. The molecule has 0 aromatic heterocycles. The quantitative estimate of drug-likeness (QED) is 0.594. The third-order valence-electron chi connectivity index (χ3n) is 4.39. The van der Waals surface area contributed by atoms with Crippen molar-refractivity contribution in [3.63, 3.8) is 0 Å². The molecule has 0 bridgehead atoms. The highest BCUT2D eigenvalue weighted by molar-refractivity contribution is 6.34. The van der Waals surface area contributed by atoms with Gasteiger partial charge in [0, 0.05) is 5.69 Å². The number of anilines is 1. The van der Waals surface area contributed by atoms with E-state index in [0.29, 0.717) is 17.9 Å². The van der Waals surface area contributed by atoms with Gasteiger partial charge in [0.1, 0.15) is 5.75 Å². The molecule has 1 N–H and O–H groups in total. The van der Waals surface area contributed by atoms with Crippen LogP contribution in [-0.4, -0.2) is 24.6 Å². The number of benzene rings is 2. The summed E-state index contributed by atoms with van der Waals surface area (Å²) in [5, 5.41) is 3.00. The first-order chi connectivity index (χ1) is 13.7. The number of carbonyl (C=O) groups is 2. The van der Waals surface area contributed by atoms with E-state index in [9.17, 15) is 9.59 Å². The molecule has 5 nitrogen and oxygen atoms in total. The van der Waals surface area contributed by atoms with E-state index in [1.807, 2.05) is 31.2 Å². The maximum atomic E-state index is 12.6. The topological polar surface area (TPSA) is 64.6 Å². The molecule has 0 aliphatic heterocycles. The van der Waals surface area contributed by atoms with Crippen LogP contribution in [0.2, 0.25) is 5.02 Å². The fourth-order valence-electron chi connectivity index (χ4n) is 2.71. The Hall–Kier alpha value is -2.53. The molecule has 1 atom stereocenters. The Morgan fingerprint density at radius 3 is 2.24 bits per heavy atom. The number of ether oxygens (including phenoxy) is 2. The maximum Gasteiger partial charge on any atom is 0.339 e. The molecule has 29 heavy (non-hydrogen) atoms. The molecule has 156 valence electrons. The highest BCUT2D eigenvalue weighted by Gasteiger charge is 2.20. The van der Waals surface area contributed by atoms with E-state index in [4.69, 9.17) is 21.1 Å². The summed E-state index contributed by atoms with van der Waals surface area (Å²) in [6.07, 6.45) is -0.152. The molecular formula is C23H28ClNO4. The van der Waals surface area contributed by atoms with Crippen LogP contribution in [0.4, 0.5) is 5.69 Å². The first-order valence-electron chi connectivity index (χ1n) is 9.70. The number of esters is 1. The largest absolute Gasteiger partial charge is 0.481 e. The highest BCUT2D eigenvalue weighted by atomic mass is 35.5. The minimum Gasteiger partial charge on any atom is -0.481 e. The zero-order valence-corrected chi connectivity index (χ0v) is 18.3. The smallest absolute Gasteiger partial charge is 0.339 e. The van der Waals surface area contributed by atoms with Crippen molar-refractivity contribution in [2.24, 2.45) is 0 Å². The summed E-state index contributed by atoms with van der Waals surface area (Å²) in [6, 6.07) is 12.4. The molecule has 0 radical (unpaired) electrons. The number of hydrogen-bond donors (Lipinski definition) is 1. The van der Waals surface area contributed by atoms with Gasteiger partial charge < -0.3 is 14.8 Å². The highest BCUT2D eigenvalue weighted by Crippen LogP contribution is 2.26. The van der Waals surface area contributed by atoms with Gasteiger partial charge in [-0.15, -0.1) is 0 Å². The molecule has 6 heteroatoms. The molecule has 2 rings (SSSR count). The van der Waals surface area contributed by atoms with E-state index in [1.165, 1.54) is 17.7 Å². The van der Waals surface area contributed by atoms with E-state index < -0.39 is 12.1 Å². The van der Waals surface area contributed by atoms with Crippen molar-refractivity contribution in [2.45, 2.75) is 52.6 Å². The number of rotatable bonds is 7. The van der Waals surface area contributed by atoms with E-state index in [2.05, 4.69) is 26.1 Å². The lowest BCUT2D eigenvalue weighted by atomic mass is 9.87. The van der Waals surface area contributed by atoms with E-state index in [1.54, 1.807) is 13.0 Å². The van der Waals surface area contributed by atoms with Crippen molar-refractivity contribution < 1.29 is 19.1 Å². The third kappa shape index (κ3) is 6.23.